The minimum atomic E-state index is -0.247. The van der Waals surface area contributed by atoms with E-state index in [1.54, 1.807) is 24.5 Å². The first-order valence-corrected chi connectivity index (χ1v) is 9.37. The first kappa shape index (κ1) is 17.6. The van der Waals surface area contributed by atoms with Crippen molar-refractivity contribution in [3.8, 4) is 11.3 Å². The maximum absolute atomic E-state index is 13.0. The molecule has 27 heavy (non-hydrogen) atoms. The van der Waals surface area contributed by atoms with Crippen molar-refractivity contribution in [2.24, 2.45) is 0 Å². The number of piperidine rings is 1. The van der Waals surface area contributed by atoms with Gasteiger partial charge in [-0.25, -0.2) is 9.37 Å². The van der Waals surface area contributed by atoms with Crippen LogP contribution in [0.25, 0.3) is 11.3 Å². The number of nitrogens with zero attached hydrogens (tertiary/aromatic N) is 3. The van der Waals surface area contributed by atoms with E-state index < -0.39 is 0 Å². The van der Waals surface area contributed by atoms with E-state index >= 15 is 0 Å². The van der Waals surface area contributed by atoms with Gasteiger partial charge in [0.15, 0.2) is 0 Å². The lowest BCUT2D eigenvalue weighted by Crippen LogP contribution is -2.38. The van der Waals surface area contributed by atoms with Crippen molar-refractivity contribution in [3.63, 3.8) is 0 Å². The molecule has 5 heteroatoms. The van der Waals surface area contributed by atoms with Gasteiger partial charge in [-0.15, -0.1) is 0 Å². The van der Waals surface area contributed by atoms with Crippen molar-refractivity contribution in [1.29, 1.82) is 0 Å². The third kappa shape index (κ3) is 4.68. The number of hydrogen-bond acceptors (Lipinski definition) is 4. The highest BCUT2D eigenvalue weighted by atomic mass is 19.1. The van der Waals surface area contributed by atoms with Crippen molar-refractivity contribution in [2.45, 2.75) is 25.4 Å². The number of anilines is 1. The molecule has 1 fully saturated rings. The molecule has 0 radical (unpaired) electrons. The zero-order valence-electron chi connectivity index (χ0n) is 15.2. The molecule has 0 aliphatic carbocycles. The molecule has 0 unspecified atom stereocenters. The Morgan fingerprint density at radius 3 is 2.33 bits per heavy atom. The molecule has 1 aliphatic rings. The summed E-state index contributed by atoms with van der Waals surface area (Å²) in [5, 5.41) is 3.49. The van der Waals surface area contributed by atoms with E-state index in [4.69, 9.17) is 0 Å². The zero-order valence-corrected chi connectivity index (χ0v) is 15.2. The number of halogens is 1. The predicted molar refractivity (Wildman–Crippen MR) is 106 cm³/mol. The van der Waals surface area contributed by atoms with E-state index in [1.807, 2.05) is 0 Å². The van der Waals surface area contributed by atoms with Crippen LogP contribution < -0.4 is 5.32 Å². The van der Waals surface area contributed by atoms with Gasteiger partial charge >= 0.3 is 0 Å². The Hall–Kier alpha value is -2.79. The Balaban J connectivity index is 1.29. The summed E-state index contributed by atoms with van der Waals surface area (Å²) in [5.41, 5.74) is 2.98. The lowest BCUT2D eigenvalue weighted by Gasteiger charge is -2.32. The van der Waals surface area contributed by atoms with Gasteiger partial charge in [0, 0.05) is 31.2 Å². The molecule has 0 atom stereocenters. The van der Waals surface area contributed by atoms with E-state index in [0.29, 0.717) is 6.04 Å². The fraction of sp³-hybridized carbons (Fsp3) is 0.273. The van der Waals surface area contributed by atoms with Gasteiger partial charge in [0.25, 0.3) is 0 Å². The van der Waals surface area contributed by atoms with Gasteiger partial charge in [-0.3, -0.25) is 9.88 Å². The topological polar surface area (TPSA) is 41.1 Å². The maximum Gasteiger partial charge on any atom is 0.144 e. The highest BCUT2D eigenvalue weighted by Crippen LogP contribution is 2.20. The van der Waals surface area contributed by atoms with Crippen molar-refractivity contribution in [3.05, 3.63) is 78.4 Å². The number of rotatable bonds is 5. The van der Waals surface area contributed by atoms with Crippen LogP contribution >= 0.6 is 0 Å². The molecule has 0 spiro atoms. The van der Waals surface area contributed by atoms with Crippen LogP contribution in [0.3, 0.4) is 0 Å². The molecule has 1 aliphatic heterocycles. The van der Waals surface area contributed by atoms with Crippen molar-refractivity contribution < 1.29 is 4.39 Å². The molecule has 0 amide bonds. The molecule has 1 aromatic heterocycles. The Bertz CT molecular complexity index is 842. The number of hydrogen-bond donors (Lipinski definition) is 1. The van der Waals surface area contributed by atoms with Gasteiger partial charge in [-0.05, 0) is 42.7 Å². The summed E-state index contributed by atoms with van der Waals surface area (Å²) < 4.78 is 13.0. The number of nitrogens with one attached hydrogen (secondary N) is 1. The molecule has 4 nitrogen and oxygen atoms in total. The first-order valence-electron chi connectivity index (χ1n) is 9.37. The standard InChI is InChI=1S/C22H23FN4/c23-19-8-6-18(7-9-19)21-14-25-22(15-24-21)26-20-10-12-27(13-11-20)16-17-4-2-1-3-5-17/h1-9,14-15,20H,10-13,16H2,(H,25,26). The van der Waals surface area contributed by atoms with Crippen molar-refractivity contribution >= 4 is 5.82 Å². The molecule has 1 saturated heterocycles. The third-order valence-corrected chi connectivity index (χ3v) is 4.98. The van der Waals surface area contributed by atoms with Crippen molar-refractivity contribution in [1.82, 2.24) is 14.9 Å². The Labute approximate surface area is 159 Å². The van der Waals surface area contributed by atoms with Gasteiger partial charge in [-0.2, -0.15) is 0 Å². The summed E-state index contributed by atoms with van der Waals surface area (Å²) in [6, 6.07) is 17.3. The summed E-state index contributed by atoms with van der Waals surface area (Å²) in [5.74, 6) is 0.547. The summed E-state index contributed by atoms with van der Waals surface area (Å²) in [6.45, 7) is 3.17. The van der Waals surface area contributed by atoms with E-state index in [0.717, 1.165) is 49.6 Å². The molecule has 4 rings (SSSR count). The monoisotopic (exact) mass is 362 g/mol. The fourth-order valence-corrected chi connectivity index (χ4v) is 3.46. The quantitative estimate of drug-likeness (QED) is 0.732. The molecule has 138 valence electrons. The molecule has 0 saturated carbocycles. The Morgan fingerprint density at radius 1 is 0.926 bits per heavy atom. The van der Waals surface area contributed by atoms with E-state index in [1.165, 1.54) is 17.7 Å². The second kappa shape index (κ2) is 8.27. The summed E-state index contributed by atoms with van der Waals surface area (Å²) in [7, 11) is 0. The molecular weight excluding hydrogens is 339 g/mol. The van der Waals surface area contributed by atoms with Gasteiger partial charge in [-0.1, -0.05) is 30.3 Å². The van der Waals surface area contributed by atoms with E-state index in [2.05, 4.69) is 50.5 Å². The zero-order chi connectivity index (χ0) is 18.5. The smallest absolute Gasteiger partial charge is 0.144 e. The number of aromatic nitrogens is 2. The maximum atomic E-state index is 13.0. The number of benzene rings is 2. The lowest BCUT2D eigenvalue weighted by molar-refractivity contribution is 0.211. The minimum Gasteiger partial charge on any atom is -0.366 e. The highest BCUT2D eigenvalue weighted by molar-refractivity contribution is 5.58. The predicted octanol–water partition coefficient (Wildman–Crippen LogP) is 4.36. The molecule has 3 aromatic rings. The lowest BCUT2D eigenvalue weighted by atomic mass is 10.0. The third-order valence-electron chi connectivity index (χ3n) is 4.98. The van der Waals surface area contributed by atoms with Crippen molar-refractivity contribution in [2.75, 3.05) is 18.4 Å². The minimum absolute atomic E-state index is 0.247. The van der Waals surface area contributed by atoms with Gasteiger partial charge < -0.3 is 5.32 Å². The van der Waals surface area contributed by atoms with Gasteiger partial charge in [0.2, 0.25) is 0 Å². The summed E-state index contributed by atoms with van der Waals surface area (Å²) in [6.07, 6.45) is 5.68. The molecular formula is C22H23FN4. The van der Waals surface area contributed by atoms with Crippen LogP contribution in [-0.2, 0) is 6.54 Å². The van der Waals surface area contributed by atoms with Gasteiger partial charge in [0.1, 0.15) is 11.6 Å². The molecule has 2 heterocycles. The average Bonchev–Trinajstić information content (AvgIpc) is 2.72. The van der Waals surface area contributed by atoms with Crippen LogP contribution in [-0.4, -0.2) is 34.0 Å². The van der Waals surface area contributed by atoms with E-state index in [-0.39, 0.29) is 5.82 Å². The molecule has 1 N–H and O–H groups in total. The van der Waals surface area contributed by atoms with Crippen LogP contribution in [0.5, 0.6) is 0 Å². The fourth-order valence-electron chi connectivity index (χ4n) is 3.46. The number of likely N-dealkylation sites (tertiary alicyclic amines) is 1. The first-order chi connectivity index (χ1) is 13.3. The van der Waals surface area contributed by atoms with Crippen LogP contribution in [0.4, 0.5) is 10.2 Å². The van der Waals surface area contributed by atoms with Crippen LogP contribution in [0.2, 0.25) is 0 Å². The second-order valence-electron chi connectivity index (χ2n) is 6.97. The summed E-state index contributed by atoms with van der Waals surface area (Å²) in [4.78, 5) is 11.4. The average molecular weight is 362 g/mol. The van der Waals surface area contributed by atoms with Gasteiger partial charge in [0.05, 0.1) is 18.1 Å². The Morgan fingerprint density at radius 2 is 1.67 bits per heavy atom. The van der Waals surface area contributed by atoms with Crippen LogP contribution in [0, 0.1) is 5.82 Å². The SMILES string of the molecule is Fc1ccc(-c2cnc(NC3CCN(Cc4ccccc4)CC3)cn2)cc1. The largest absolute Gasteiger partial charge is 0.366 e. The normalized spacial score (nSPS) is 15.6. The Kier molecular flexibility index (Phi) is 5.39. The van der Waals surface area contributed by atoms with Crippen LogP contribution in [0.15, 0.2) is 67.0 Å². The van der Waals surface area contributed by atoms with Crippen LogP contribution in [0.1, 0.15) is 18.4 Å². The van der Waals surface area contributed by atoms with E-state index in [9.17, 15) is 4.39 Å². The second-order valence-corrected chi connectivity index (χ2v) is 6.97. The summed E-state index contributed by atoms with van der Waals surface area (Å²) >= 11 is 0. The molecule has 0 bridgehead atoms. The highest BCUT2D eigenvalue weighted by Gasteiger charge is 2.19. The molecule has 2 aromatic carbocycles.